The molecule has 19 heavy (non-hydrogen) atoms. The molecule has 0 radical (unpaired) electrons. The minimum atomic E-state index is -0.00690. The highest BCUT2D eigenvalue weighted by atomic mass is 35.5. The lowest BCUT2D eigenvalue weighted by Gasteiger charge is -2.06. The third-order valence-corrected chi connectivity index (χ3v) is 3.18. The molecule has 0 bridgehead atoms. The third kappa shape index (κ3) is 4.45. The van der Waals surface area contributed by atoms with Crippen molar-refractivity contribution in [1.82, 2.24) is 5.32 Å². The minimum Gasteiger partial charge on any atom is -0.469 e. The molecule has 1 aromatic heterocycles. The predicted octanol–water partition coefficient (Wildman–Crippen LogP) is 3.22. The van der Waals surface area contributed by atoms with Gasteiger partial charge in [0.15, 0.2) is 0 Å². The Balaban J connectivity index is 1.69. The summed E-state index contributed by atoms with van der Waals surface area (Å²) in [6.45, 7) is 0.643. The molecule has 0 spiro atoms. The van der Waals surface area contributed by atoms with E-state index in [1.165, 1.54) is 0 Å². The highest BCUT2D eigenvalue weighted by Gasteiger charge is 2.05. The smallest absolute Gasteiger partial charge is 0.224 e. The average molecular weight is 278 g/mol. The van der Waals surface area contributed by atoms with Crippen LogP contribution in [0, 0.1) is 0 Å². The lowest BCUT2D eigenvalue weighted by Crippen LogP contribution is -2.26. The fourth-order valence-corrected chi connectivity index (χ4v) is 2.03. The Morgan fingerprint density at radius 1 is 1.21 bits per heavy atom. The number of furan rings is 1. The maximum Gasteiger partial charge on any atom is 0.224 e. The Bertz CT molecular complexity index is 523. The lowest BCUT2D eigenvalue weighted by atomic mass is 10.1. The zero-order chi connectivity index (χ0) is 13.5. The highest BCUT2D eigenvalue weighted by molar-refractivity contribution is 6.31. The summed E-state index contributed by atoms with van der Waals surface area (Å²) in [6, 6.07) is 11.2. The first kappa shape index (κ1) is 13.7. The summed E-state index contributed by atoms with van der Waals surface area (Å²) in [7, 11) is 0. The minimum absolute atomic E-state index is 0.00690. The average Bonchev–Trinajstić information content (AvgIpc) is 2.91. The van der Waals surface area contributed by atoms with Gasteiger partial charge >= 0.3 is 0 Å². The van der Waals surface area contributed by atoms with Crippen molar-refractivity contribution < 1.29 is 9.21 Å². The Morgan fingerprint density at radius 3 is 2.79 bits per heavy atom. The van der Waals surface area contributed by atoms with Crippen LogP contribution < -0.4 is 5.32 Å². The summed E-state index contributed by atoms with van der Waals surface area (Å²) in [5, 5.41) is 3.51. The van der Waals surface area contributed by atoms with Crippen LogP contribution in [0.15, 0.2) is 47.1 Å². The Kier molecular flexibility index (Phi) is 5.04. The molecule has 1 amide bonds. The summed E-state index contributed by atoms with van der Waals surface area (Å²) in [4.78, 5) is 11.7. The molecule has 0 aliphatic rings. The largest absolute Gasteiger partial charge is 0.469 e. The van der Waals surface area contributed by atoms with Crippen LogP contribution in [0.3, 0.4) is 0 Å². The first-order valence-electron chi connectivity index (χ1n) is 6.28. The van der Waals surface area contributed by atoms with Gasteiger partial charge < -0.3 is 9.73 Å². The number of carbonyl (C=O) groups excluding carboxylic acids is 1. The number of benzene rings is 1. The topological polar surface area (TPSA) is 42.2 Å². The molecule has 0 unspecified atom stereocenters. The number of amides is 1. The maximum atomic E-state index is 11.7. The van der Waals surface area contributed by atoms with Crippen molar-refractivity contribution in [3.05, 3.63) is 59.0 Å². The van der Waals surface area contributed by atoms with Gasteiger partial charge in [0.2, 0.25) is 5.91 Å². The first-order chi connectivity index (χ1) is 9.25. The highest BCUT2D eigenvalue weighted by Crippen LogP contribution is 2.15. The number of aryl methyl sites for hydroxylation is 1. The number of nitrogens with one attached hydrogen (secondary N) is 1. The van der Waals surface area contributed by atoms with Crippen molar-refractivity contribution in [1.29, 1.82) is 0 Å². The van der Waals surface area contributed by atoms with E-state index in [-0.39, 0.29) is 5.91 Å². The van der Waals surface area contributed by atoms with Gasteiger partial charge in [0, 0.05) is 18.0 Å². The maximum absolute atomic E-state index is 11.7. The molecule has 0 fully saturated rings. The molecule has 4 heteroatoms. The molecule has 0 aliphatic heterocycles. The Labute approximate surface area is 117 Å². The second-order valence-electron chi connectivity index (χ2n) is 4.30. The van der Waals surface area contributed by atoms with Crippen LogP contribution in [-0.2, 0) is 17.6 Å². The molecule has 0 aliphatic carbocycles. The first-order valence-corrected chi connectivity index (χ1v) is 6.66. The number of halogens is 1. The summed E-state index contributed by atoms with van der Waals surface area (Å²) < 4.78 is 5.22. The van der Waals surface area contributed by atoms with Gasteiger partial charge in [-0.05, 0) is 30.2 Å². The molecule has 3 nitrogen and oxygen atoms in total. The molecule has 100 valence electrons. The fourth-order valence-electron chi connectivity index (χ4n) is 1.82. The number of carbonyl (C=O) groups is 1. The zero-order valence-corrected chi connectivity index (χ0v) is 11.3. The molecule has 2 aromatic rings. The van der Waals surface area contributed by atoms with E-state index in [1.807, 2.05) is 30.3 Å². The quantitative estimate of drug-likeness (QED) is 0.824. The standard InChI is InChI=1S/C15H16ClNO2/c16-14-8-2-1-5-12(14)11-15(18)17-9-3-6-13-7-4-10-19-13/h1-2,4-5,7-8,10H,3,6,9,11H2,(H,17,18). The van der Waals surface area contributed by atoms with Crippen molar-refractivity contribution in [2.45, 2.75) is 19.3 Å². The summed E-state index contributed by atoms with van der Waals surface area (Å²) >= 11 is 6.00. The molecular formula is C15H16ClNO2. The van der Waals surface area contributed by atoms with E-state index in [0.717, 1.165) is 24.2 Å². The van der Waals surface area contributed by atoms with Crippen LogP contribution in [-0.4, -0.2) is 12.5 Å². The van der Waals surface area contributed by atoms with Crippen molar-refractivity contribution in [3.8, 4) is 0 Å². The summed E-state index contributed by atoms with van der Waals surface area (Å²) in [5.74, 6) is 0.938. The van der Waals surface area contributed by atoms with E-state index in [2.05, 4.69) is 5.32 Å². The van der Waals surface area contributed by atoms with E-state index >= 15 is 0 Å². The van der Waals surface area contributed by atoms with Crippen molar-refractivity contribution in [3.63, 3.8) is 0 Å². The van der Waals surface area contributed by atoms with Crippen molar-refractivity contribution in [2.75, 3.05) is 6.54 Å². The van der Waals surface area contributed by atoms with E-state index in [1.54, 1.807) is 12.3 Å². The van der Waals surface area contributed by atoms with Crippen molar-refractivity contribution >= 4 is 17.5 Å². The monoisotopic (exact) mass is 277 g/mol. The van der Waals surface area contributed by atoms with Gasteiger partial charge in [-0.1, -0.05) is 29.8 Å². The molecule has 1 aromatic carbocycles. The molecule has 0 atom stereocenters. The molecule has 0 saturated carbocycles. The van der Waals surface area contributed by atoms with Crippen LogP contribution in [0.2, 0.25) is 5.02 Å². The predicted molar refractivity (Wildman–Crippen MR) is 75.2 cm³/mol. The fraction of sp³-hybridized carbons (Fsp3) is 0.267. The van der Waals surface area contributed by atoms with Gasteiger partial charge in [-0.2, -0.15) is 0 Å². The summed E-state index contributed by atoms with van der Waals surface area (Å²) in [6.07, 6.45) is 3.67. The third-order valence-electron chi connectivity index (χ3n) is 2.81. The van der Waals surface area contributed by atoms with Crippen LogP contribution in [0.25, 0.3) is 0 Å². The number of hydrogen-bond acceptors (Lipinski definition) is 2. The van der Waals surface area contributed by atoms with Crippen LogP contribution >= 0.6 is 11.6 Å². The Morgan fingerprint density at radius 2 is 2.05 bits per heavy atom. The summed E-state index contributed by atoms with van der Waals surface area (Å²) in [5.41, 5.74) is 0.854. The lowest BCUT2D eigenvalue weighted by molar-refractivity contribution is -0.120. The second kappa shape index (κ2) is 7.00. The normalized spacial score (nSPS) is 10.4. The van der Waals surface area contributed by atoms with Crippen LogP contribution in [0.1, 0.15) is 17.7 Å². The van der Waals surface area contributed by atoms with Gasteiger partial charge in [0.25, 0.3) is 0 Å². The zero-order valence-electron chi connectivity index (χ0n) is 10.6. The SMILES string of the molecule is O=C(Cc1ccccc1Cl)NCCCc1ccco1. The molecule has 1 N–H and O–H groups in total. The van der Waals surface area contributed by atoms with Gasteiger partial charge in [0.1, 0.15) is 5.76 Å². The van der Waals surface area contributed by atoms with Gasteiger partial charge in [-0.15, -0.1) is 0 Å². The van der Waals surface area contributed by atoms with E-state index in [0.29, 0.717) is 18.0 Å². The van der Waals surface area contributed by atoms with E-state index in [9.17, 15) is 4.79 Å². The van der Waals surface area contributed by atoms with Gasteiger partial charge in [-0.25, -0.2) is 0 Å². The van der Waals surface area contributed by atoms with Crippen molar-refractivity contribution in [2.24, 2.45) is 0 Å². The molecule has 0 saturated heterocycles. The Hall–Kier alpha value is -1.74. The second-order valence-corrected chi connectivity index (χ2v) is 4.71. The number of hydrogen-bond donors (Lipinski definition) is 1. The van der Waals surface area contributed by atoms with Gasteiger partial charge in [-0.3, -0.25) is 4.79 Å². The van der Waals surface area contributed by atoms with Gasteiger partial charge in [0.05, 0.1) is 12.7 Å². The van der Waals surface area contributed by atoms with E-state index in [4.69, 9.17) is 16.0 Å². The molecule has 1 heterocycles. The number of rotatable bonds is 6. The molecule has 2 rings (SSSR count). The van der Waals surface area contributed by atoms with Crippen LogP contribution in [0.5, 0.6) is 0 Å². The molecular weight excluding hydrogens is 262 g/mol. The van der Waals surface area contributed by atoms with E-state index < -0.39 is 0 Å². The van der Waals surface area contributed by atoms with Crippen LogP contribution in [0.4, 0.5) is 0 Å².